The Morgan fingerprint density at radius 1 is 1.64 bits per heavy atom. The van der Waals surface area contributed by atoms with Crippen molar-refractivity contribution >= 4 is 24.2 Å². The number of aromatic nitrogens is 2. The van der Waals surface area contributed by atoms with Gasteiger partial charge in [0, 0.05) is 6.20 Å². The highest BCUT2D eigenvalue weighted by molar-refractivity contribution is 5.91. The highest BCUT2D eigenvalue weighted by Crippen LogP contribution is 2.02. The van der Waals surface area contributed by atoms with E-state index in [0.717, 1.165) is 6.20 Å². The summed E-state index contributed by atoms with van der Waals surface area (Å²) in [6.07, 6.45) is 2.35. The fourth-order valence-electron chi connectivity index (χ4n) is 0.504. The van der Waals surface area contributed by atoms with Crippen LogP contribution in [0.1, 0.15) is 10.4 Å². The van der Waals surface area contributed by atoms with Gasteiger partial charge in [-0.3, -0.25) is 0 Å². The van der Waals surface area contributed by atoms with E-state index in [4.69, 9.17) is 10.8 Å². The number of aromatic carboxylic acids is 1. The molecular weight excluding hydrogens is 170 g/mol. The van der Waals surface area contributed by atoms with E-state index >= 15 is 0 Å². The van der Waals surface area contributed by atoms with E-state index in [2.05, 4.69) is 9.97 Å². The van der Waals surface area contributed by atoms with E-state index in [9.17, 15) is 4.79 Å². The van der Waals surface area contributed by atoms with Crippen LogP contribution in [0.15, 0.2) is 12.5 Å². The Balaban J connectivity index is 0.000001000. The first-order chi connectivity index (χ1) is 4.72. The summed E-state index contributed by atoms with van der Waals surface area (Å²) in [6, 6.07) is 0. The van der Waals surface area contributed by atoms with Crippen LogP contribution in [-0.2, 0) is 0 Å². The normalized spacial score (nSPS) is 8.36. The molecule has 1 rings (SSSR count). The van der Waals surface area contributed by atoms with Gasteiger partial charge in [0.1, 0.15) is 17.7 Å². The first-order valence-corrected chi connectivity index (χ1v) is 2.50. The smallest absolute Gasteiger partial charge is 0.341 e. The number of halogens is 1. The Kier molecular flexibility index (Phi) is 3.26. The van der Waals surface area contributed by atoms with Crippen LogP contribution in [0.4, 0.5) is 5.82 Å². The van der Waals surface area contributed by atoms with Crippen molar-refractivity contribution in [2.24, 2.45) is 0 Å². The van der Waals surface area contributed by atoms with E-state index in [0.29, 0.717) is 0 Å². The molecule has 0 saturated heterocycles. The Morgan fingerprint density at radius 2 is 2.27 bits per heavy atom. The van der Waals surface area contributed by atoms with Gasteiger partial charge in [-0.25, -0.2) is 14.8 Å². The number of carboxylic acids is 1. The number of hydrogen-bond donors (Lipinski definition) is 2. The van der Waals surface area contributed by atoms with Gasteiger partial charge in [-0.05, 0) is 0 Å². The van der Waals surface area contributed by atoms with E-state index in [1.165, 1.54) is 6.33 Å². The van der Waals surface area contributed by atoms with E-state index < -0.39 is 5.97 Å². The molecule has 60 valence electrons. The zero-order valence-corrected chi connectivity index (χ0v) is 6.21. The highest BCUT2D eigenvalue weighted by atomic mass is 35.5. The second kappa shape index (κ2) is 3.72. The third-order valence-corrected chi connectivity index (χ3v) is 0.973. The van der Waals surface area contributed by atoms with Gasteiger partial charge in [0.25, 0.3) is 0 Å². The molecule has 0 saturated carbocycles. The Bertz CT molecular complexity index is 266. The van der Waals surface area contributed by atoms with E-state index in [1.807, 2.05) is 0 Å². The number of nitrogen functional groups attached to an aromatic ring is 1. The van der Waals surface area contributed by atoms with Crippen LogP contribution in [0.3, 0.4) is 0 Å². The lowest BCUT2D eigenvalue weighted by Crippen LogP contribution is -2.04. The molecule has 1 heterocycles. The van der Waals surface area contributed by atoms with Crippen molar-refractivity contribution in [3.8, 4) is 0 Å². The summed E-state index contributed by atoms with van der Waals surface area (Å²) >= 11 is 0. The number of carbonyl (C=O) groups is 1. The summed E-state index contributed by atoms with van der Waals surface area (Å²) in [5.74, 6) is -1.12. The molecule has 0 aliphatic heterocycles. The van der Waals surface area contributed by atoms with Crippen LogP contribution in [-0.4, -0.2) is 21.0 Å². The van der Waals surface area contributed by atoms with Gasteiger partial charge < -0.3 is 10.8 Å². The number of anilines is 1. The second-order valence-electron chi connectivity index (χ2n) is 1.63. The average molecular weight is 176 g/mol. The molecule has 0 aliphatic carbocycles. The molecule has 5 nitrogen and oxygen atoms in total. The van der Waals surface area contributed by atoms with Gasteiger partial charge in [0.2, 0.25) is 0 Å². The van der Waals surface area contributed by atoms with Gasteiger partial charge in [-0.2, -0.15) is 0 Å². The maximum absolute atomic E-state index is 10.3. The van der Waals surface area contributed by atoms with Crippen LogP contribution in [0.5, 0.6) is 0 Å². The minimum absolute atomic E-state index is 0. The average Bonchev–Trinajstić information content (AvgIpc) is 1.88. The van der Waals surface area contributed by atoms with Crippen molar-refractivity contribution in [1.82, 2.24) is 9.97 Å². The number of hydrogen-bond acceptors (Lipinski definition) is 4. The predicted octanol–water partition coefficient (Wildman–Crippen LogP) is 0.179. The molecule has 0 amide bonds. The molecule has 0 unspecified atom stereocenters. The standard InChI is InChI=1S/C5H5N3O2.ClH/c6-4-3(5(9)10)1-7-2-8-4;/h1-2H,(H,9,10)(H2,6,7,8);1H. The van der Waals surface area contributed by atoms with Crippen LogP contribution in [0, 0.1) is 0 Å². The summed E-state index contributed by atoms with van der Waals surface area (Å²) in [4.78, 5) is 17.2. The molecule has 0 aromatic carbocycles. The molecule has 0 atom stereocenters. The first-order valence-electron chi connectivity index (χ1n) is 2.50. The topological polar surface area (TPSA) is 89.1 Å². The third kappa shape index (κ3) is 2.05. The summed E-state index contributed by atoms with van der Waals surface area (Å²) in [7, 11) is 0. The van der Waals surface area contributed by atoms with Gasteiger partial charge in [-0.15, -0.1) is 12.4 Å². The summed E-state index contributed by atoms with van der Waals surface area (Å²) < 4.78 is 0. The van der Waals surface area contributed by atoms with Crippen molar-refractivity contribution in [2.45, 2.75) is 0 Å². The molecule has 3 N–H and O–H groups in total. The summed E-state index contributed by atoms with van der Waals surface area (Å²) in [5.41, 5.74) is 5.12. The molecule has 6 heteroatoms. The van der Waals surface area contributed by atoms with Gasteiger partial charge in [0.15, 0.2) is 0 Å². The molecule has 0 radical (unpaired) electrons. The lowest BCUT2D eigenvalue weighted by molar-refractivity contribution is 0.0697. The van der Waals surface area contributed by atoms with Crippen molar-refractivity contribution in [3.05, 3.63) is 18.1 Å². The van der Waals surface area contributed by atoms with E-state index in [-0.39, 0.29) is 23.8 Å². The number of nitrogens with zero attached hydrogens (tertiary/aromatic N) is 2. The van der Waals surface area contributed by atoms with Gasteiger partial charge >= 0.3 is 5.97 Å². The monoisotopic (exact) mass is 175 g/mol. The minimum Gasteiger partial charge on any atom is -0.477 e. The maximum atomic E-state index is 10.3. The Hall–Kier alpha value is -1.36. The van der Waals surface area contributed by atoms with Gasteiger partial charge in [0.05, 0.1) is 0 Å². The molecule has 11 heavy (non-hydrogen) atoms. The maximum Gasteiger partial charge on any atom is 0.341 e. The van der Waals surface area contributed by atoms with Crippen LogP contribution >= 0.6 is 12.4 Å². The predicted molar refractivity (Wildman–Crippen MR) is 40.7 cm³/mol. The van der Waals surface area contributed by atoms with Crippen molar-refractivity contribution in [1.29, 1.82) is 0 Å². The number of rotatable bonds is 1. The Labute approximate surface area is 68.7 Å². The SMILES string of the molecule is Cl.Nc1ncncc1C(=O)O. The molecule has 0 spiro atoms. The van der Waals surface area contributed by atoms with Gasteiger partial charge in [-0.1, -0.05) is 0 Å². The minimum atomic E-state index is -1.11. The van der Waals surface area contributed by atoms with Crippen LogP contribution < -0.4 is 5.73 Å². The molecule has 0 bridgehead atoms. The zero-order chi connectivity index (χ0) is 7.56. The summed E-state index contributed by atoms with van der Waals surface area (Å²) in [6.45, 7) is 0. The highest BCUT2D eigenvalue weighted by Gasteiger charge is 2.06. The third-order valence-electron chi connectivity index (χ3n) is 0.973. The molecule has 0 fully saturated rings. The molecule has 1 aromatic rings. The number of carboxylic acid groups (broad SMARTS) is 1. The fraction of sp³-hybridized carbons (Fsp3) is 0. The van der Waals surface area contributed by atoms with Crippen molar-refractivity contribution < 1.29 is 9.90 Å². The fourth-order valence-corrected chi connectivity index (χ4v) is 0.504. The zero-order valence-electron chi connectivity index (χ0n) is 5.39. The van der Waals surface area contributed by atoms with Crippen LogP contribution in [0.2, 0.25) is 0 Å². The number of nitrogens with two attached hydrogens (primary N) is 1. The Morgan fingerprint density at radius 3 is 2.64 bits per heavy atom. The second-order valence-corrected chi connectivity index (χ2v) is 1.63. The summed E-state index contributed by atoms with van der Waals surface area (Å²) in [5, 5.41) is 8.41. The molecule has 1 aromatic heterocycles. The van der Waals surface area contributed by atoms with Crippen molar-refractivity contribution in [3.63, 3.8) is 0 Å². The lowest BCUT2D eigenvalue weighted by atomic mass is 10.3. The van der Waals surface area contributed by atoms with E-state index in [1.54, 1.807) is 0 Å². The first kappa shape index (κ1) is 9.64. The van der Waals surface area contributed by atoms with Crippen molar-refractivity contribution in [2.75, 3.05) is 5.73 Å². The lowest BCUT2D eigenvalue weighted by Gasteiger charge is -1.94. The van der Waals surface area contributed by atoms with Crippen LogP contribution in [0.25, 0.3) is 0 Å². The molecular formula is C5H6ClN3O2. The molecule has 0 aliphatic rings. The quantitative estimate of drug-likeness (QED) is 0.636. The largest absolute Gasteiger partial charge is 0.477 e.